The summed E-state index contributed by atoms with van der Waals surface area (Å²) < 4.78 is 30.8. The molecule has 0 aliphatic carbocycles. The Morgan fingerprint density at radius 2 is 1.77 bits per heavy atom. The lowest BCUT2D eigenvalue weighted by molar-refractivity contribution is -0.139. The average molecular weight is 632 g/mol. The van der Waals surface area contributed by atoms with Gasteiger partial charge in [0, 0.05) is 10.0 Å². The number of esters is 1. The van der Waals surface area contributed by atoms with Gasteiger partial charge in [0.15, 0.2) is 16.3 Å². The van der Waals surface area contributed by atoms with Crippen LogP contribution in [0, 0.1) is 0 Å². The van der Waals surface area contributed by atoms with Crippen LogP contribution in [0.2, 0.25) is 0 Å². The maximum atomic E-state index is 14.1. The van der Waals surface area contributed by atoms with Crippen LogP contribution in [0.25, 0.3) is 6.08 Å². The van der Waals surface area contributed by atoms with Gasteiger partial charge in [-0.15, -0.1) is 0 Å². The third-order valence-electron chi connectivity index (χ3n) is 6.14. The number of methoxy groups -OCH3 is 3. The number of benzene rings is 2. The molecule has 0 unspecified atom stereocenters. The van der Waals surface area contributed by atoms with Crippen LogP contribution in [0.1, 0.15) is 44.9 Å². The highest BCUT2D eigenvalue weighted by atomic mass is 79.9. The molecule has 1 aliphatic rings. The van der Waals surface area contributed by atoms with Crippen molar-refractivity contribution < 1.29 is 28.5 Å². The van der Waals surface area contributed by atoms with Gasteiger partial charge in [-0.05, 0) is 69.7 Å². The number of allylic oxidation sites excluding steroid dienone is 1. The zero-order valence-electron chi connectivity index (χ0n) is 23.4. The van der Waals surface area contributed by atoms with Gasteiger partial charge >= 0.3 is 5.97 Å². The summed E-state index contributed by atoms with van der Waals surface area (Å²) in [5.41, 5.74) is 1.70. The minimum Gasteiger partial charge on any atom is -0.493 e. The second-order valence-corrected chi connectivity index (χ2v) is 11.0. The fraction of sp³-hybridized carbons (Fsp3) is 0.345. The first-order chi connectivity index (χ1) is 19.1. The van der Waals surface area contributed by atoms with Gasteiger partial charge in [-0.1, -0.05) is 27.3 Å². The van der Waals surface area contributed by atoms with Crippen LogP contribution in [0.5, 0.6) is 23.0 Å². The van der Waals surface area contributed by atoms with Crippen molar-refractivity contribution in [2.45, 2.75) is 39.8 Å². The van der Waals surface area contributed by atoms with Crippen LogP contribution in [0.4, 0.5) is 0 Å². The molecular formula is C29H31BrN2O7S. The van der Waals surface area contributed by atoms with Crippen molar-refractivity contribution in [3.8, 4) is 23.0 Å². The van der Waals surface area contributed by atoms with Gasteiger partial charge < -0.3 is 23.7 Å². The van der Waals surface area contributed by atoms with E-state index in [2.05, 4.69) is 20.9 Å². The normalized spacial score (nSPS) is 15.0. The molecule has 11 heteroatoms. The van der Waals surface area contributed by atoms with Crippen molar-refractivity contribution in [1.29, 1.82) is 0 Å². The number of hydrogen-bond donors (Lipinski definition) is 0. The second-order valence-electron chi connectivity index (χ2n) is 9.11. The van der Waals surface area contributed by atoms with E-state index in [0.29, 0.717) is 43.6 Å². The van der Waals surface area contributed by atoms with Gasteiger partial charge in [0.2, 0.25) is 5.75 Å². The maximum absolute atomic E-state index is 14.1. The fourth-order valence-corrected chi connectivity index (χ4v) is 5.92. The first-order valence-corrected chi connectivity index (χ1v) is 14.2. The molecule has 0 fully saturated rings. The van der Waals surface area contributed by atoms with Crippen molar-refractivity contribution in [3.63, 3.8) is 0 Å². The number of ether oxygens (including phenoxy) is 5. The van der Waals surface area contributed by atoms with Gasteiger partial charge in [-0.2, -0.15) is 0 Å². The molecule has 9 nitrogen and oxygen atoms in total. The van der Waals surface area contributed by atoms with Crippen LogP contribution < -0.4 is 33.8 Å². The van der Waals surface area contributed by atoms with E-state index in [4.69, 9.17) is 23.7 Å². The Morgan fingerprint density at radius 3 is 2.35 bits per heavy atom. The summed E-state index contributed by atoms with van der Waals surface area (Å²) >= 11 is 4.74. The van der Waals surface area contributed by atoms with Gasteiger partial charge in [0.1, 0.15) is 5.75 Å². The number of aromatic nitrogens is 1. The molecule has 0 saturated heterocycles. The third kappa shape index (κ3) is 5.66. The summed E-state index contributed by atoms with van der Waals surface area (Å²) in [5, 5.41) is 0. The molecule has 2 heterocycles. The summed E-state index contributed by atoms with van der Waals surface area (Å²) in [5.74, 6) is 1.26. The fourth-order valence-electron chi connectivity index (χ4n) is 4.50. The Bertz CT molecular complexity index is 1630. The molecular weight excluding hydrogens is 600 g/mol. The molecule has 0 radical (unpaired) electrons. The molecule has 0 bridgehead atoms. The number of nitrogens with zero attached hydrogens (tertiary/aromatic N) is 2. The van der Waals surface area contributed by atoms with Crippen molar-refractivity contribution in [2.24, 2.45) is 4.99 Å². The van der Waals surface area contributed by atoms with E-state index in [-0.39, 0.29) is 23.8 Å². The van der Waals surface area contributed by atoms with Crippen LogP contribution in [0.15, 0.2) is 55.9 Å². The largest absolute Gasteiger partial charge is 0.493 e. The maximum Gasteiger partial charge on any atom is 0.338 e. The Morgan fingerprint density at radius 1 is 1.10 bits per heavy atom. The lowest BCUT2D eigenvalue weighted by atomic mass is 9.95. The molecule has 0 amide bonds. The number of fused-ring (bicyclic) bond motifs is 1. The first-order valence-electron chi connectivity index (χ1n) is 12.6. The van der Waals surface area contributed by atoms with E-state index in [1.165, 1.54) is 37.2 Å². The summed E-state index contributed by atoms with van der Waals surface area (Å²) in [7, 11) is 4.53. The molecule has 3 aromatic rings. The number of rotatable bonds is 9. The average Bonchev–Trinajstić information content (AvgIpc) is 3.22. The Labute approximate surface area is 244 Å². The molecule has 1 aromatic heterocycles. The predicted molar refractivity (Wildman–Crippen MR) is 156 cm³/mol. The number of carbonyl (C=O) groups excluding carboxylic acids is 1. The molecule has 1 aliphatic heterocycles. The van der Waals surface area contributed by atoms with E-state index in [0.717, 1.165) is 10.0 Å². The number of halogens is 1. The molecule has 0 spiro atoms. The minimum atomic E-state index is -0.847. The molecule has 0 saturated carbocycles. The van der Waals surface area contributed by atoms with E-state index >= 15 is 0 Å². The third-order valence-corrected chi connectivity index (χ3v) is 7.62. The monoisotopic (exact) mass is 630 g/mol. The number of thiazole rings is 1. The van der Waals surface area contributed by atoms with Crippen LogP contribution >= 0.6 is 27.3 Å². The van der Waals surface area contributed by atoms with Crippen LogP contribution in [0.3, 0.4) is 0 Å². The van der Waals surface area contributed by atoms with Gasteiger partial charge in [0.05, 0.1) is 55.9 Å². The van der Waals surface area contributed by atoms with Crippen molar-refractivity contribution in [1.82, 2.24) is 4.57 Å². The lowest BCUT2D eigenvalue weighted by Gasteiger charge is -2.26. The summed E-state index contributed by atoms with van der Waals surface area (Å²) in [6.45, 7) is 7.51. The summed E-state index contributed by atoms with van der Waals surface area (Å²) in [4.78, 5) is 32.4. The standard InChI is InChI=1S/C29H31BrN2O7S/c1-8-38-28(34)24-16(4)31-29-32(25(24)18-12-21(35-5)26(37-7)22(13-18)36-6)27(33)23(40-29)14-17-11-19(30)9-10-20(17)39-15(2)3/h9-15,25H,8H2,1-7H3/b23-14+/t25-/m1/s1. The highest BCUT2D eigenvalue weighted by Crippen LogP contribution is 2.42. The molecule has 212 valence electrons. The minimum absolute atomic E-state index is 0.0515. The topological polar surface area (TPSA) is 97.6 Å². The highest BCUT2D eigenvalue weighted by molar-refractivity contribution is 9.10. The molecule has 4 rings (SSSR count). The van der Waals surface area contributed by atoms with E-state index < -0.39 is 12.0 Å². The molecule has 2 aromatic carbocycles. The van der Waals surface area contributed by atoms with E-state index in [1.807, 2.05) is 32.0 Å². The summed E-state index contributed by atoms with van der Waals surface area (Å²) in [6.07, 6.45) is 1.73. The molecule has 40 heavy (non-hydrogen) atoms. The highest BCUT2D eigenvalue weighted by Gasteiger charge is 2.34. The number of carbonyl (C=O) groups is 1. The van der Waals surface area contributed by atoms with Crippen LogP contribution in [-0.2, 0) is 9.53 Å². The van der Waals surface area contributed by atoms with Crippen molar-refractivity contribution in [2.75, 3.05) is 27.9 Å². The van der Waals surface area contributed by atoms with Crippen LogP contribution in [-0.4, -0.2) is 44.6 Å². The Kier molecular flexibility index (Phi) is 9.05. The van der Waals surface area contributed by atoms with E-state index in [1.54, 1.807) is 32.1 Å². The SMILES string of the molecule is CCOC(=O)C1=C(C)N=c2s/c(=C/c3cc(Br)ccc3OC(C)C)c(=O)n2[C@@H]1c1cc(OC)c(OC)c(OC)c1. The van der Waals surface area contributed by atoms with E-state index in [9.17, 15) is 9.59 Å². The smallest absolute Gasteiger partial charge is 0.338 e. The lowest BCUT2D eigenvalue weighted by Crippen LogP contribution is -2.40. The first kappa shape index (κ1) is 29.4. The predicted octanol–water partition coefficient (Wildman–Crippen LogP) is 4.37. The van der Waals surface area contributed by atoms with Crippen molar-refractivity contribution in [3.05, 3.63) is 76.9 Å². The quantitative estimate of drug-likeness (QED) is 0.324. The van der Waals surface area contributed by atoms with Gasteiger partial charge in [0.25, 0.3) is 5.56 Å². The Hall–Kier alpha value is -3.57. The summed E-state index contributed by atoms with van der Waals surface area (Å²) in [6, 6.07) is 8.24. The second kappa shape index (κ2) is 12.3. The van der Waals surface area contributed by atoms with Gasteiger partial charge in [-0.3, -0.25) is 9.36 Å². The van der Waals surface area contributed by atoms with Gasteiger partial charge in [-0.25, -0.2) is 9.79 Å². The Balaban J connectivity index is 2.02. The number of hydrogen-bond acceptors (Lipinski definition) is 9. The van der Waals surface area contributed by atoms with Crippen molar-refractivity contribution >= 4 is 39.3 Å². The molecule has 0 N–H and O–H groups in total. The molecule has 1 atom stereocenters. The zero-order chi connectivity index (χ0) is 29.1. The zero-order valence-corrected chi connectivity index (χ0v) is 25.8.